The van der Waals surface area contributed by atoms with E-state index in [-0.39, 0.29) is 12.0 Å². The Balaban J connectivity index is 2.01. The maximum atomic E-state index is 11.3. The number of likely N-dealkylation sites (tertiary alicyclic amines) is 1. The Labute approximate surface area is 166 Å². The number of benzene rings is 2. The topological polar surface area (TPSA) is 49.8 Å². The van der Waals surface area contributed by atoms with E-state index in [2.05, 4.69) is 33.0 Å². The average Bonchev–Trinajstić information content (AvgIpc) is 2.63. The molecule has 1 aliphatic rings. The average molecular weight is 439 g/mol. The summed E-state index contributed by atoms with van der Waals surface area (Å²) in [4.78, 5) is 13.6. The smallest absolute Gasteiger partial charge is 0.306 e. The molecule has 0 spiro atoms. The lowest BCUT2D eigenvalue weighted by Gasteiger charge is -2.37. The molecule has 1 heterocycles. The Morgan fingerprint density at radius 2 is 2.00 bits per heavy atom. The molecule has 1 unspecified atom stereocenters. The van der Waals surface area contributed by atoms with E-state index in [1.54, 1.807) is 7.11 Å². The van der Waals surface area contributed by atoms with Gasteiger partial charge < -0.3 is 9.84 Å². The maximum Gasteiger partial charge on any atom is 0.306 e. The molecule has 0 amide bonds. The third-order valence-corrected chi connectivity index (χ3v) is 5.62. The predicted octanol–water partition coefficient (Wildman–Crippen LogP) is 5.00. The van der Waals surface area contributed by atoms with Crippen molar-refractivity contribution in [2.24, 2.45) is 5.92 Å². The van der Waals surface area contributed by atoms with Crippen LogP contribution in [-0.2, 0) is 4.79 Å². The molecule has 0 aliphatic carbocycles. The Kier molecular flexibility index (Phi) is 6.22. The van der Waals surface area contributed by atoms with Gasteiger partial charge in [0.2, 0.25) is 0 Å². The monoisotopic (exact) mass is 437 g/mol. The van der Waals surface area contributed by atoms with Gasteiger partial charge >= 0.3 is 5.97 Å². The number of carbonyl (C=O) groups is 1. The molecule has 26 heavy (non-hydrogen) atoms. The quantitative estimate of drug-likeness (QED) is 0.714. The summed E-state index contributed by atoms with van der Waals surface area (Å²) in [7, 11) is 1.67. The second-order valence-corrected chi connectivity index (χ2v) is 7.84. The van der Waals surface area contributed by atoms with Crippen molar-refractivity contribution in [1.82, 2.24) is 4.90 Å². The molecule has 6 heteroatoms. The molecule has 0 radical (unpaired) electrons. The van der Waals surface area contributed by atoms with Crippen molar-refractivity contribution >= 4 is 33.5 Å². The van der Waals surface area contributed by atoms with Crippen LogP contribution >= 0.6 is 27.5 Å². The molecular formula is C20H21BrClNO3. The lowest BCUT2D eigenvalue weighted by molar-refractivity contribution is -0.143. The molecule has 0 bridgehead atoms. The van der Waals surface area contributed by atoms with Crippen LogP contribution in [-0.4, -0.2) is 36.2 Å². The first kappa shape index (κ1) is 19.2. The minimum atomic E-state index is -0.705. The van der Waals surface area contributed by atoms with Gasteiger partial charge in [-0.25, -0.2) is 0 Å². The van der Waals surface area contributed by atoms with E-state index in [1.165, 1.54) is 0 Å². The Morgan fingerprint density at radius 3 is 2.62 bits per heavy atom. The number of hydrogen-bond acceptors (Lipinski definition) is 3. The highest BCUT2D eigenvalue weighted by Crippen LogP contribution is 2.39. The van der Waals surface area contributed by atoms with Gasteiger partial charge in [-0.3, -0.25) is 9.69 Å². The van der Waals surface area contributed by atoms with E-state index >= 15 is 0 Å². The van der Waals surface area contributed by atoms with Crippen LogP contribution in [0.1, 0.15) is 30.0 Å². The van der Waals surface area contributed by atoms with Gasteiger partial charge in [0, 0.05) is 15.1 Å². The fourth-order valence-corrected chi connectivity index (χ4v) is 4.16. The molecule has 1 saturated heterocycles. The molecule has 2 aromatic carbocycles. The first-order chi connectivity index (χ1) is 12.5. The third-order valence-electron chi connectivity index (χ3n) is 4.89. The number of piperidine rings is 1. The second-order valence-electron chi connectivity index (χ2n) is 6.49. The number of hydrogen-bond donors (Lipinski definition) is 1. The van der Waals surface area contributed by atoms with Crippen LogP contribution in [0.4, 0.5) is 0 Å². The Hall–Kier alpha value is -1.56. The van der Waals surface area contributed by atoms with Gasteiger partial charge in [0.05, 0.1) is 19.1 Å². The van der Waals surface area contributed by atoms with E-state index in [9.17, 15) is 9.90 Å². The van der Waals surface area contributed by atoms with Crippen molar-refractivity contribution in [3.05, 3.63) is 63.1 Å². The first-order valence-corrected chi connectivity index (χ1v) is 9.72. The minimum Gasteiger partial charge on any atom is -0.496 e. The lowest BCUT2D eigenvalue weighted by Crippen LogP contribution is -2.39. The number of nitrogens with zero attached hydrogens (tertiary/aromatic N) is 1. The molecule has 1 N–H and O–H groups in total. The number of carboxylic acids is 1. The molecule has 1 fully saturated rings. The van der Waals surface area contributed by atoms with Crippen LogP contribution < -0.4 is 4.74 Å². The molecule has 0 aromatic heterocycles. The van der Waals surface area contributed by atoms with Gasteiger partial charge in [0.15, 0.2) is 0 Å². The van der Waals surface area contributed by atoms with Crippen molar-refractivity contribution in [2.45, 2.75) is 18.9 Å². The Bertz CT molecular complexity index is 790. The molecule has 138 valence electrons. The summed E-state index contributed by atoms with van der Waals surface area (Å²) in [5.41, 5.74) is 2.11. The molecule has 1 aliphatic heterocycles. The van der Waals surface area contributed by atoms with E-state index in [4.69, 9.17) is 16.3 Å². The van der Waals surface area contributed by atoms with Crippen molar-refractivity contribution in [1.29, 1.82) is 0 Å². The normalized spacial score (nSPS) is 17.0. The number of aliphatic carboxylic acids is 1. The lowest BCUT2D eigenvalue weighted by atomic mass is 9.91. The standard InChI is InChI=1S/C20H21BrClNO3/c1-26-18-6-5-15(21)12-17(18)19(14-3-2-4-16(22)11-14)23-9-7-13(8-10-23)20(24)25/h2-6,11-13,19H,7-10H2,1H3,(H,24,25). The van der Waals surface area contributed by atoms with Crippen LogP contribution in [0.3, 0.4) is 0 Å². The van der Waals surface area contributed by atoms with Gasteiger partial charge in [0.1, 0.15) is 5.75 Å². The zero-order valence-electron chi connectivity index (χ0n) is 14.5. The first-order valence-electron chi connectivity index (χ1n) is 8.55. The highest BCUT2D eigenvalue weighted by molar-refractivity contribution is 9.10. The van der Waals surface area contributed by atoms with Gasteiger partial charge in [-0.2, -0.15) is 0 Å². The van der Waals surface area contributed by atoms with Crippen LogP contribution in [0.25, 0.3) is 0 Å². The minimum absolute atomic E-state index is 0.0455. The second kappa shape index (κ2) is 8.42. The largest absolute Gasteiger partial charge is 0.496 e. The molecule has 3 rings (SSSR count). The molecular weight excluding hydrogens is 418 g/mol. The molecule has 4 nitrogen and oxygen atoms in total. The molecule has 0 saturated carbocycles. The summed E-state index contributed by atoms with van der Waals surface area (Å²) in [6, 6.07) is 13.7. The number of ether oxygens (including phenoxy) is 1. The molecule has 1 atom stereocenters. The summed E-state index contributed by atoms with van der Waals surface area (Å²) in [5, 5.41) is 9.97. The summed E-state index contributed by atoms with van der Waals surface area (Å²) >= 11 is 9.80. The van der Waals surface area contributed by atoms with Gasteiger partial charge in [0.25, 0.3) is 0 Å². The number of carboxylic acid groups (broad SMARTS) is 1. The van der Waals surface area contributed by atoms with Crippen LogP contribution in [0, 0.1) is 5.92 Å². The van der Waals surface area contributed by atoms with Crippen molar-refractivity contribution < 1.29 is 14.6 Å². The van der Waals surface area contributed by atoms with E-state index in [0.717, 1.165) is 21.3 Å². The fraction of sp³-hybridized carbons (Fsp3) is 0.350. The highest BCUT2D eigenvalue weighted by Gasteiger charge is 2.31. The zero-order valence-corrected chi connectivity index (χ0v) is 16.8. The van der Waals surface area contributed by atoms with Crippen LogP contribution in [0.5, 0.6) is 5.75 Å². The van der Waals surface area contributed by atoms with Gasteiger partial charge in [-0.05, 0) is 61.8 Å². The van der Waals surface area contributed by atoms with E-state index in [0.29, 0.717) is 31.0 Å². The Morgan fingerprint density at radius 1 is 1.27 bits per heavy atom. The number of methoxy groups -OCH3 is 1. The SMILES string of the molecule is COc1ccc(Br)cc1C(c1cccc(Cl)c1)N1CCC(C(=O)O)CC1. The van der Waals surface area contributed by atoms with E-state index in [1.807, 2.05) is 30.3 Å². The number of halogens is 2. The van der Waals surface area contributed by atoms with Crippen molar-refractivity contribution in [3.8, 4) is 5.75 Å². The van der Waals surface area contributed by atoms with Crippen LogP contribution in [0.2, 0.25) is 5.02 Å². The maximum absolute atomic E-state index is 11.3. The highest BCUT2D eigenvalue weighted by atomic mass is 79.9. The van der Waals surface area contributed by atoms with Crippen LogP contribution in [0.15, 0.2) is 46.9 Å². The van der Waals surface area contributed by atoms with Gasteiger partial charge in [-0.1, -0.05) is 39.7 Å². The summed E-state index contributed by atoms with van der Waals surface area (Å²) in [6.45, 7) is 1.42. The summed E-state index contributed by atoms with van der Waals surface area (Å²) in [5.74, 6) is -0.168. The molecule has 2 aromatic rings. The van der Waals surface area contributed by atoms with Gasteiger partial charge in [-0.15, -0.1) is 0 Å². The zero-order chi connectivity index (χ0) is 18.7. The predicted molar refractivity (Wildman–Crippen MR) is 106 cm³/mol. The summed E-state index contributed by atoms with van der Waals surface area (Å²) in [6.07, 6.45) is 1.28. The number of rotatable bonds is 5. The summed E-state index contributed by atoms with van der Waals surface area (Å²) < 4.78 is 6.58. The van der Waals surface area contributed by atoms with Crippen molar-refractivity contribution in [3.63, 3.8) is 0 Å². The third kappa shape index (κ3) is 4.22. The van der Waals surface area contributed by atoms with E-state index < -0.39 is 5.97 Å². The fourth-order valence-electron chi connectivity index (χ4n) is 3.59. The van der Waals surface area contributed by atoms with Crippen molar-refractivity contribution in [2.75, 3.05) is 20.2 Å².